The van der Waals surface area contributed by atoms with Crippen LogP contribution in [0.3, 0.4) is 0 Å². The van der Waals surface area contributed by atoms with Crippen molar-refractivity contribution >= 4 is 11.8 Å². The molecule has 1 aromatic heterocycles. The van der Waals surface area contributed by atoms with Gasteiger partial charge in [-0.1, -0.05) is 0 Å². The second-order valence-corrected chi connectivity index (χ2v) is 6.54. The van der Waals surface area contributed by atoms with Crippen LogP contribution in [-0.4, -0.2) is 46.5 Å². The summed E-state index contributed by atoms with van der Waals surface area (Å²) in [5.41, 5.74) is 0.530. The molecule has 1 aromatic carbocycles. The van der Waals surface area contributed by atoms with Crippen molar-refractivity contribution in [3.05, 3.63) is 48.0 Å². The van der Waals surface area contributed by atoms with Crippen molar-refractivity contribution in [2.75, 3.05) is 20.2 Å². The van der Waals surface area contributed by atoms with Crippen LogP contribution in [0.15, 0.2) is 36.7 Å². The molecule has 1 fully saturated rings. The van der Waals surface area contributed by atoms with Gasteiger partial charge in [0.2, 0.25) is 5.91 Å². The van der Waals surface area contributed by atoms with E-state index in [4.69, 9.17) is 10.00 Å². The molecule has 1 N–H and O–H groups in total. The van der Waals surface area contributed by atoms with Crippen LogP contribution in [0.25, 0.3) is 0 Å². The second-order valence-electron chi connectivity index (χ2n) is 6.54. The summed E-state index contributed by atoms with van der Waals surface area (Å²) < 4.78 is 7.32. The fraction of sp³-hybridized carbons (Fsp3) is 0.368. The van der Waals surface area contributed by atoms with E-state index in [1.54, 1.807) is 42.4 Å². The van der Waals surface area contributed by atoms with Gasteiger partial charge in [-0.2, -0.15) is 5.26 Å². The third-order valence-corrected chi connectivity index (χ3v) is 4.73. The number of nitriles is 1. The lowest BCUT2D eigenvalue weighted by molar-refractivity contribution is -0.128. The second kappa shape index (κ2) is 7.91. The van der Waals surface area contributed by atoms with Crippen molar-refractivity contribution in [2.24, 2.45) is 13.0 Å². The number of carbonyl (C=O) groups excluding carboxylic acids is 2. The maximum Gasteiger partial charge on any atom is 0.257 e. The van der Waals surface area contributed by atoms with Gasteiger partial charge in [-0.15, -0.1) is 0 Å². The summed E-state index contributed by atoms with van der Waals surface area (Å²) in [5, 5.41) is 11.6. The first-order valence-electron chi connectivity index (χ1n) is 8.62. The van der Waals surface area contributed by atoms with Gasteiger partial charge < -0.3 is 19.5 Å². The van der Waals surface area contributed by atoms with Gasteiger partial charge in [0.05, 0.1) is 17.7 Å². The third-order valence-electron chi connectivity index (χ3n) is 4.73. The van der Waals surface area contributed by atoms with Gasteiger partial charge in [-0.05, 0) is 24.3 Å². The number of nitrogens with one attached hydrogen (secondary N) is 1. The summed E-state index contributed by atoms with van der Waals surface area (Å²) in [5.74, 6) is 1.04. The van der Waals surface area contributed by atoms with Gasteiger partial charge in [0.15, 0.2) is 6.61 Å². The number of ether oxygens (including phenoxy) is 1. The highest BCUT2D eigenvalue weighted by molar-refractivity contribution is 5.80. The van der Waals surface area contributed by atoms with E-state index in [9.17, 15) is 9.59 Å². The van der Waals surface area contributed by atoms with E-state index >= 15 is 0 Å². The molecule has 1 saturated heterocycles. The van der Waals surface area contributed by atoms with Crippen molar-refractivity contribution in [1.82, 2.24) is 19.8 Å². The molecular formula is C19H21N5O3. The van der Waals surface area contributed by atoms with Crippen molar-refractivity contribution in [2.45, 2.75) is 12.5 Å². The molecule has 140 valence electrons. The van der Waals surface area contributed by atoms with Crippen LogP contribution >= 0.6 is 0 Å². The highest BCUT2D eigenvalue weighted by atomic mass is 16.5. The number of rotatable bonds is 6. The molecule has 8 nitrogen and oxygen atoms in total. The van der Waals surface area contributed by atoms with E-state index in [1.165, 1.54) is 0 Å². The highest BCUT2D eigenvalue weighted by Crippen LogP contribution is 2.35. The van der Waals surface area contributed by atoms with Crippen LogP contribution in [0, 0.1) is 17.2 Å². The number of benzene rings is 1. The number of aryl methyl sites for hydroxylation is 1. The fourth-order valence-corrected chi connectivity index (χ4v) is 3.25. The zero-order valence-electron chi connectivity index (χ0n) is 15.3. The largest absolute Gasteiger partial charge is 0.484 e. The first-order chi connectivity index (χ1) is 13.0. The quantitative estimate of drug-likeness (QED) is 0.821. The van der Waals surface area contributed by atoms with E-state index in [0.717, 1.165) is 5.82 Å². The molecule has 2 amide bonds. The summed E-state index contributed by atoms with van der Waals surface area (Å²) in [6.07, 6.45) is 3.91. The topological polar surface area (TPSA) is 100 Å². The predicted molar refractivity (Wildman–Crippen MR) is 96.5 cm³/mol. The lowest BCUT2D eigenvalue weighted by Gasteiger charge is -2.24. The van der Waals surface area contributed by atoms with Gasteiger partial charge in [0.1, 0.15) is 11.6 Å². The molecule has 3 rings (SSSR count). The van der Waals surface area contributed by atoms with Crippen molar-refractivity contribution in [1.29, 1.82) is 5.26 Å². The maximum absolute atomic E-state index is 12.1. The van der Waals surface area contributed by atoms with Crippen LogP contribution in [0.5, 0.6) is 5.75 Å². The Kier molecular flexibility index (Phi) is 5.41. The molecule has 2 aromatic rings. The summed E-state index contributed by atoms with van der Waals surface area (Å²) >= 11 is 0. The minimum atomic E-state index is -0.264. The van der Waals surface area contributed by atoms with E-state index in [0.29, 0.717) is 24.3 Å². The lowest BCUT2D eigenvalue weighted by atomic mass is 9.99. The molecule has 0 saturated carbocycles. The zero-order valence-corrected chi connectivity index (χ0v) is 15.3. The number of amides is 2. The van der Waals surface area contributed by atoms with Crippen molar-refractivity contribution < 1.29 is 14.3 Å². The van der Waals surface area contributed by atoms with E-state index in [2.05, 4.69) is 10.3 Å². The molecule has 2 heterocycles. The third kappa shape index (κ3) is 4.08. The van der Waals surface area contributed by atoms with Gasteiger partial charge in [0.25, 0.3) is 5.91 Å². The number of nitrogens with zero attached hydrogens (tertiary/aromatic N) is 4. The highest BCUT2D eigenvalue weighted by Gasteiger charge is 2.40. The van der Waals surface area contributed by atoms with E-state index in [1.807, 2.05) is 23.9 Å². The molecule has 0 aliphatic carbocycles. The van der Waals surface area contributed by atoms with Crippen molar-refractivity contribution in [3.63, 3.8) is 0 Å². The van der Waals surface area contributed by atoms with Gasteiger partial charge >= 0.3 is 0 Å². The van der Waals surface area contributed by atoms with Gasteiger partial charge in [0, 0.05) is 45.4 Å². The van der Waals surface area contributed by atoms with Gasteiger partial charge in [-0.25, -0.2) is 4.98 Å². The Bertz CT molecular complexity index is 868. The van der Waals surface area contributed by atoms with Gasteiger partial charge in [-0.3, -0.25) is 9.59 Å². The van der Waals surface area contributed by atoms with E-state index in [-0.39, 0.29) is 30.4 Å². The molecular weight excluding hydrogens is 346 g/mol. The first-order valence-corrected chi connectivity index (χ1v) is 8.62. The van der Waals surface area contributed by atoms with Crippen molar-refractivity contribution in [3.8, 4) is 11.8 Å². The molecule has 0 radical (unpaired) electrons. The number of carbonyl (C=O) groups is 2. The molecule has 1 aliphatic rings. The Morgan fingerprint density at radius 2 is 2.11 bits per heavy atom. The Hall–Kier alpha value is -3.34. The Labute approximate surface area is 157 Å². The number of aromatic nitrogens is 2. The lowest BCUT2D eigenvalue weighted by Crippen LogP contribution is -2.35. The number of likely N-dealkylation sites (tertiary alicyclic amines) is 1. The van der Waals surface area contributed by atoms with E-state index < -0.39 is 0 Å². The molecule has 27 heavy (non-hydrogen) atoms. The number of imidazole rings is 1. The Morgan fingerprint density at radius 1 is 1.37 bits per heavy atom. The molecule has 0 spiro atoms. The monoisotopic (exact) mass is 367 g/mol. The minimum Gasteiger partial charge on any atom is -0.484 e. The van der Waals surface area contributed by atoms with Crippen LogP contribution < -0.4 is 10.1 Å². The predicted octanol–water partition coefficient (Wildman–Crippen LogP) is 1.01. The first kappa shape index (κ1) is 18.5. The zero-order chi connectivity index (χ0) is 19.4. The summed E-state index contributed by atoms with van der Waals surface area (Å²) in [6, 6.07) is 8.41. The number of hydrogen-bond donors (Lipinski definition) is 1. The van der Waals surface area contributed by atoms with Crippen LogP contribution in [0.2, 0.25) is 0 Å². The molecule has 0 bridgehead atoms. The average molecular weight is 367 g/mol. The fourth-order valence-electron chi connectivity index (χ4n) is 3.25. The normalized spacial score (nSPS) is 19.0. The standard InChI is InChI=1S/C19H21N5O3/c1-23-8-7-21-19(23)18-14(9-17(26)24(18)2)11-22-16(25)12-27-15-5-3-13(10-20)4-6-15/h3-8,14,18H,9,11-12H2,1-2H3,(H,22,25)/t14-,18+/m0/s1. The summed E-state index contributed by atoms with van der Waals surface area (Å²) in [7, 11) is 3.65. The average Bonchev–Trinajstić information content (AvgIpc) is 3.21. The summed E-state index contributed by atoms with van der Waals surface area (Å²) in [6.45, 7) is 0.235. The smallest absolute Gasteiger partial charge is 0.257 e. The SMILES string of the molecule is CN1C(=O)C[C@@H](CNC(=O)COc2ccc(C#N)cc2)[C@@H]1c1nccn1C. The van der Waals surface area contributed by atoms with Crippen LogP contribution in [-0.2, 0) is 16.6 Å². The maximum atomic E-state index is 12.1. The molecule has 8 heteroatoms. The molecule has 1 aliphatic heterocycles. The Morgan fingerprint density at radius 3 is 2.74 bits per heavy atom. The minimum absolute atomic E-state index is 0.0380. The molecule has 0 unspecified atom stereocenters. The summed E-state index contributed by atoms with van der Waals surface area (Å²) in [4.78, 5) is 30.3. The van der Waals surface area contributed by atoms with Crippen LogP contribution in [0.1, 0.15) is 23.9 Å². The number of hydrogen-bond acceptors (Lipinski definition) is 5. The molecule has 2 atom stereocenters. The van der Waals surface area contributed by atoms with Crippen LogP contribution in [0.4, 0.5) is 0 Å². The Balaban J connectivity index is 1.55.